The molecule has 4 N–H and O–H groups in total. The van der Waals surface area contributed by atoms with Gasteiger partial charge in [0.15, 0.2) is 0 Å². The highest BCUT2D eigenvalue weighted by Crippen LogP contribution is 2.13. The van der Waals surface area contributed by atoms with E-state index >= 15 is 0 Å². The Morgan fingerprint density at radius 2 is 2.20 bits per heavy atom. The second-order valence-electron chi connectivity index (χ2n) is 5.56. The molecule has 0 saturated carbocycles. The molecule has 2 heterocycles. The minimum absolute atomic E-state index is 0.0987. The zero-order valence-electron chi connectivity index (χ0n) is 13.7. The number of nitrogens with two attached hydrogens (primary N) is 1. The predicted molar refractivity (Wildman–Crippen MR) is 88.2 cm³/mol. The summed E-state index contributed by atoms with van der Waals surface area (Å²) in [7, 11) is 0. The van der Waals surface area contributed by atoms with Crippen molar-refractivity contribution in [3.05, 3.63) is 46.1 Å². The van der Waals surface area contributed by atoms with Crippen LogP contribution in [0.4, 0.5) is 8.78 Å². The Bertz CT molecular complexity index is 793. The number of carbonyl (C=O) groups excluding carboxylic acids is 1. The SMILES string of the molecule is Cc1nc(-c2cccnc2)[nH]c(=O)c1CCC(=O)NCC(F)(F)CN. The normalized spacial score (nSPS) is 11.4. The second kappa shape index (κ2) is 7.93. The number of aromatic amines is 1. The maximum absolute atomic E-state index is 13.0. The quantitative estimate of drug-likeness (QED) is 0.682. The van der Waals surface area contributed by atoms with E-state index in [9.17, 15) is 18.4 Å². The Morgan fingerprint density at radius 3 is 2.80 bits per heavy atom. The van der Waals surface area contributed by atoms with Crippen LogP contribution in [-0.2, 0) is 11.2 Å². The number of nitrogens with zero attached hydrogens (tertiary/aromatic N) is 2. The lowest BCUT2D eigenvalue weighted by Gasteiger charge is -2.14. The maximum Gasteiger partial charge on any atom is 0.277 e. The Balaban J connectivity index is 2.04. The van der Waals surface area contributed by atoms with Gasteiger partial charge in [0.25, 0.3) is 11.5 Å². The summed E-state index contributed by atoms with van der Waals surface area (Å²) in [5.41, 5.74) is 6.01. The lowest BCUT2D eigenvalue weighted by Crippen LogP contribution is -2.41. The molecule has 0 bridgehead atoms. The van der Waals surface area contributed by atoms with E-state index in [1.807, 2.05) is 0 Å². The van der Waals surface area contributed by atoms with Gasteiger partial charge in [0.05, 0.1) is 13.1 Å². The van der Waals surface area contributed by atoms with Gasteiger partial charge in [-0.3, -0.25) is 14.6 Å². The molecule has 2 rings (SSSR count). The van der Waals surface area contributed by atoms with Crippen LogP contribution < -0.4 is 16.6 Å². The molecule has 0 spiro atoms. The maximum atomic E-state index is 13.0. The third-order valence-electron chi connectivity index (χ3n) is 3.60. The number of hydrogen-bond acceptors (Lipinski definition) is 5. The number of rotatable bonds is 7. The molecule has 0 atom stereocenters. The van der Waals surface area contributed by atoms with Crippen molar-refractivity contribution in [2.24, 2.45) is 5.73 Å². The second-order valence-corrected chi connectivity index (χ2v) is 5.56. The van der Waals surface area contributed by atoms with Crippen molar-refractivity contribution in [2.75, 3.05) is 13.1 Å². The molecule has 7 nitrogen and oxygen atoms in total. The number of carbonyl (C=O) groups is 1. The number of alkyl halides is 2. The molecule has 0 saturated heterocycles. The van der Waals surface area contributed by atoms with Crippen LogP contribution in [-0.4, -0.2) is 39.9 Å². The molecule has 2 aromatic rings. The average Bonchev–Trinajstić information content (AvgIpc) is 2.60. The molecule has 2 aromatic heterocycles. The fraction of sp³-hybridized carbons (Fsp3) is 0.375. The third kappa shape index (κ3) is 5.15. The first kappa shape index (κ1) is 18.7. The summed E-state index contributed by atoms with van der Waals surface area (Å²) >= 11 is 0. The summed E-state index contributed by atoms with van der Waals surface area (Å²) < 4.78 is 26.0. The smallest absolute Gasteiger partial charge is 0.277 e. The van der Waals surface area contributed by atoms with Crippen LogP contribution in [0.15, 0.2) is 29.3 Å². The molecule has 0 aromatic carbocycles. The molecule has 0 aliphatic rings. The molecular formula is C16H19F2N5O2. The number of H-pyrrole nitrogens is 1. The van der Waals surface area contributed by atoms with Gasteiger partial charge in [0.2, 0.25) is 5.91 Å². The van der Waals surface area contributed by atoms with Gasteiger partial charge in [0.1, 0.15) is 5.82 Å². The number of hydrogen-bond donors (Lipinski definition) is 3. The van der Waals surface area contributed by atoms with Crippen molar-refractivity contribution >= 4 is 5.91 Å². The van der Waals surface area contributed by atoms with E-state index in [1.54, 1.807) is 31.5 Å². The molecule has 0 unspecified atom stereocenters. The number of nitrogens with one attached hydrogen (secondary N) is 2. The molecule has 1 amide bonds. The van der Waals surface area contributed by atoms with Crippen LogP contribution in [0.3, 0.4) is 0 Å². The Hall–Kier alpha value is -2.68. The summed E-state index contributed by atoms with van der Waals surface area (Å²) in [5, 5.41) is 2.11. The van der Waals surface area contributed by atoms with Crippen LogP contribution in [0.2, 0.25) is 0 Å². The molecule has 25 heavy (non-hydrogen) atoms. The Kier molecular flexibility index (Phi) is 5.92. The van der Waals surface area contributed by atoms with Crippen molar-refractivity contribution < 1.29 is 13.6 Å². The molecule has 0 aliphatic heterocycles. The van der Waals surface area contributed by atoms with E-state index in [1.165, 1.54) is 0 Å². The van der Waals surface area contributed by atoms with Crippen molar-refractivity contribution in [1.82, 2.24) is 20.3 Å². The zero-order valence-corrected chi connectivity index (χ0v) is 13.7. The highest BCUT2D eigenvalue weighted by molar-refractivity contribution is 5.76. The van der Waals surface area contributed by atoms with E-state index in [4.69, 9.17) is 5.73 Å². The summed E-state index contributed by atoms with van der Waals surface area (Å²) in [5.74, 6) is -3.34. The minimum Gasteiger partial charge on any atom is -0.350 e. The fourth-order valence-electron chi connectivity index (χ4n) is 2.17. The number of halogens is 2. The number of amides is 1. The largest absolute Gasteiger partial charge is 0.350 e. The summed E-state index contributed by atoms with van der Waals surface area (Å²) in [6.45, 7) is -0.00737. The first-order valence-electron chi connectivity index (χ1n) is 7.67. The van der Waals surface area contributed by atoms with E-state index in [0.717, 1.165) is 0 Å². The Labute approximate surface area is 142 Å². The van der Waals surface area contributed by atoms with Gasteiger partial charge in [0, 0.05) is 35.6 Å². The van der Waals surface area contributed by atoms with Crippen molar-refractivity contribution in [3.63, 3.8) is 0 Å². The molecule has 0 radical (unpaired) electrons. The van der Waals surface area contributed by atoms with Crippen LogP contribution >= 0.6 is 0 Å². The van der Waals surface area contributed by atoms with E-state index in [0.29, 0.717) is 22.6 Å². The van der Waals surface area contributed by atoms with Crippen molar-refractivity contribution in [1.29, 1.82) is 0 Å². The Morgan fingerprint density at radius 1 is 1.44 bits per heavy atom. The molecule has 134 valence electrons. The van der Waals surface area contributed by atoms with Crippen LogP contribution in [0, 0.1) is 6.92 Å². The molecule has 0 fully saturated rings. The zero-order chi connectivity index (χ0) is 18.4. The monoisotopic (exact) mass is 351 g/mol. The van der Waals surface area contributed by atoms with E-state index < -0.39 is 24.9 Å². The lowest BCUT2D eigenvalue weighted by atomic mass is 10.1. The topological polar surface area (TPSA) is 114 Å². The van der Waals surface area contributed by atoms with Crippen LogP contribution in [0.5, 0.6) is 0 Å². The predicted octanol–water partition coefficient (Wildman–Crippen LogP) is 0.783. The number of aromatic nitrogens is 3. The molecule has 9 heteroatoms. The summed E-state index contributed by atoms with van der Waals surface area (Å²) in [6.07, 6.45) is 3.18. The van der Waals surface area contributed by atoms with Gasteiger partial charge < -0.3 is 16.0 Å². The summed E-state index contributed by atoms with van der Waals surface area (Å²) in [6, 6.07) is 3.48. The molecule has 0 aliphatic carbocycles. The van der Waals surface area contributed by atoms with E-state index in [2.05, 4.69) is 20.3 Å². The van der Waals surface area contributed by atoms with Crippen LogP contribution in [0.25, 0.3) is 11.4 Å². The summed E-state index contributed by atoms with van der Waals surface area (Å²) in [4.78, 5) is 34.8. The highest BCUT2D eigenvalue weighted by atomic mass is 19.3. The van der Waals surface area contributed by atoms with E-state index in [-0.39, 0.29) is 18.4 Å². The lowest BCUT2D eigenvalue weighted by molar-refractivity contribution is -0.122. The fourth-order valence-corrected chi connectivity index (χ4v) is 2.17. The van der Waals surface area contributed by atoms with Gasteiger partial charge in [-0.15, -0.1) is 0 Å². The number of aryl methyl sites for hydroxylation is 1. The first-order chi connectivity index (χ1) is 11.8. The molecular weight excluding hydrogens is 332 g/mol. The van der Waals surface area contributed by atoms with Gasteiger partial charge in [-0.2, -0.15) is 0 Å². The minimum atomic E-state index is -3.14. The standard InChI is InChI=1S/C16H19F2N5O2/c1-10-12(4-5-13(24)21-9-16(17,18)8-19)15(25)23-14(22-10)11-3-2-6-20-7-11/h2-3,6-7H,4-5,8-9,19H2,1H3,(H,21,24)(H,22,23,25). The number of pyridine rings is 1. The average molecular weight is 351 g/mol. The van der Waals surface area contributed by atoms with Gasteiger partial charge in [-0.1, -0.05) is 0 Å². The highest BCUT2D eigenvalue weighted by Gasteiger charge is 2.27. The van der Waals surface area contributed by atoms with Crippen LogP contribution in [0.1, 0.15) is 17.7 Å². The van der Waals surface area contributed by atoms with Crippen molar-refractivity contribution in [2.45, 2.75) is 25.7 Å². The van der Waals surface area contributed by atoms with Gasteiger partial charge >= 0.3 is 0 Å². The van der Waals surface area contributed by atoms with Crippen molar-refractivity contribution in [3.8, 4) is 11.4 Å². The van der Waals surface area contributed by atoms with Gasteiger partial charge in [-0.05, 0) is 25.5 Å². The van der Waals surface area contributed by atoms with Gasteiger partial charge in [-0.25, -0.2) is 13.8 Å². The third-order valence-corrected chi connectivity index (χ3v) is 3.60. The first-order valence-corrected chi connectivity index (χ1v) is 7.67.